The van der Waals surface area contributed by atoms with Gasteiger partial charge in [0.2, 0.25) is 5.91 Å². The molecule has 2 N–H and O–H groups in total. The van der Waals surface area contributed by atoms with Crippen LogP contribution in [0.2, 0.25) is 0 Å². The molecule has 0 saturated carbocycles. The first-order valence-corrected chi connectivity index (χ1v) is 8.14. The van der Waals surface area contributed by atoms with Gasteiger partial charge in [-0.2, -0.15) is 0 Å². The van der Waals surface area contributed by atoms with Crippen molar-refractivity contribution in [3.8, 4) is 0 Å². The van der Waals surface area contributed by atoms with Crippen LogP contribution >= 0.6 is 27.3 Å². The van der Waals surface area contributed by atoms with Gasteiger partial charge in [-0.15, -0.1) is 11.3 Å². The summed E-state index contributed by atoms with van der Waals surface area (Å²) in [5.41, 5.74) is 2.97. The highest BCUT2D eigenvalue weighted by Gasteiger charge is 2.07. The van der Waals surface area contributed by atoms with Gasteiger partial charge in [-0.1, -0.05) is 13.0 Å². The van der Waals surface area contributed by atoms with Gasteiger partial charge in [-0.05, 0) is 52.0 Å². The summed E-state index contributed by atoms with van der Waals surface area (Å²) in [5, 5.41) is 8.40. The van der Waals surface area contributed by atoms with E-state index in [1.54, 1.807) is 11.3 Å². The number of hydrogen-bond donors (Lipinski definition) is 2. The van der Waals surface area contributed by atoms with E-state index in [2.05, 4.69) is 31.9 Å². The molecule has 0 spiro atoms. The molecule has 1 aromatic heterocycles. The van der Waals surface area contributed by atoms with E-state index < -0.39 is 0 Å². The van der Waals surface area contributed by atoms with Crippen molar-refractivity contribution in [3.63, 3.8) is 0 Å². The van der Waals surface area contributed by atoms with Crippen molar-refractivity contribution in [3.05, 3.63) is 44.6 Å². The van der Waals surface area contributed by atoms with Crippen LogP contribution in [-0.4, -0.2) is 5.91 Å². The highest BCUT2D eigenvalue weighted by atomic mass is 79.9. The molecule has 0 saturated heterocycles. The van der Waals surface area contributed by atoms with E-state index >= 15 is 0 Å². The van der Waals surface area contributed by atoms with E-state index in [0.29, 0.717) is 6.42 Å². The van der Waals surface area contributed by atoms with Crippen molar-refractivity contribution in [2.24, 2.45) is 0 Å². The smallest absolute Gasteiger partial charge is 0.224 e. The molecule has 20 heavy (non-hydrogen) atoms. The van der Waals surface area contributed by atoms with Gasteiger partial charge >= 0.3 is 0 Å². The van der Waals surface area contributed by atoms with Gasteiger partial charge in [-0.3, -0.25) is 4.79 Å². The third-order valence-electron chi connectivity index (χ3n) is 3.06. The fraction of sp³-hybridized carbons (Fsp3) is 0.267. The number of hydrogen-bond acceptors (Lipinski definition) is 3. The molecule has 0 aliphatic heterocycles. The standard InChI is InChI=1S/C15H17BrN2OS/c1-3-15(19)18-13-6-4-5-12(10(13)2)17-9-14-11(16)7-8-20-14/h4-8,17H,3,9H2,1-2H3,(H,18,19). The quantitative estimate of drug-likeness (QED) is 0.812. The van der Waals surface area contributed by atoms with E-state index in [4.69, 9.17) is 0 Å². The summed E-state index contributed by atoms with van der Waals surface area (Å²) in [6, 6.07) is 7.95. The number of rotatable bonds is 5. The Labute approximate surface area is 131 Å². The van der Waals surface area contributed by atoms with Gasteiger partial charge < -0.3 is 10.6 Å². The van der Waals surface area contributed by atoms with Gasteiger partial charge in [0.1, 0.15) is 0 Å². The second-order valence-electron chi connectivity index (χ2n) is 4.43. The Morgan fingerprint density at radius 2 is 2.05 bits per heavy atom. The lowest BCUT2D eigenvalue weighted by atomic mass is 10.1. The van der Waals surface area contributed by atoms with Gasteiger partial charge in [0.05, 0.1) is 6.54 Å². The first-order chi connectivity index (χ1) is 9.61. The molecule has 5 heteroatoms. The molecule has 0 unspecified atom stereocenters. The normalized spacial score (nSPS) is 10.3. The van der Waals surface area contributed by atoms with Gasteiger partial charge in [0.15, 0.2) is 0 Å². The summed E-state index contributed by atoms with van der Waals surface area (Å²) in [7, 11) is 0. The maximum absolute atomic E-state index is 11.5. The first kappa shape index (κ1) is 15.1. The summed E-state index contributed by atoms with van der Waals surface area (Å²) < 4.78 is 1.13. The zero-order valence-corrected chi connectivity index (χ0v) is 13.9. The van der Waals surface area contributed by atoms with Crippen molar-refractivity contribution in [1.82, 2.24) is 0 Å². The number of halogens is 1. The maximum atomic E-state index is 11.5. The molecule has 0 aliphatic rings. The molecule has 0 fully saturated rings. The van der Waals surface area contributed by atoms with Gasteiger partial charge in [0.25, 0.3) is 0 Å². The molecule has 2 rings (SSSR count). The summed E-state index contributed by atoms with van der Waals surface area (Å²) >= 11 is 5.24. The van der Waals surface area contributed by atoms with E-state index in [-0.39, 0.29) is 5.91 Å². The van der Waals surface area contributed by atoms with Crippen molar-refractivity contribution in [2.75, 3.05) is 10.6 Å². The average Bonchev–Trinajstić information content (AvgIpc) is 2.85. The third kappa shape index (κ3) is 3.61. The van der Waals surface area contributed by atoms with Crippen LogP contribution in [0.15, 0.2) is 34.1 Å². The van der Waals surface area contributed by atoms with Crippen LogP contribution in [0.25, 0.3) is 0 Å². The molecular formula is C15H17BrN2OS. The Hall–Kier alpha value is -1.33. The Morgan fingerprint density at radius 1 is 1.30 bits per heavy atom. The maximum Gasteiger partial charge on any atom is 0.224 e. The number of anilines is 2. The highest BCUT2D eigenvalue weighted by Crippen LogP contribution is 2.27. The molecular weight excluding hydrogens is 336 g/mol. The summed E-state index contributed by atoms with van der Waals surface area (Å²) in [6.45, 7) is 4.63. The van der Waals surface area contributed by atoms with Crippen molar-refractivity contribution < 1.29 is 4.79 Å². The minimum absolute atomic E-state index is 0.0336. The monoisotopic (exact) mass is 352 g/mol. The molecule has 2 aromatic rings. The average molecular weight is 353 g/mol. The largest absolute Gasteiger partial charge is 0.380 e. The minimum atomic E-state index is 0.0336. The van der Waals surface area contributed by atoms with Crippen LogP contribution in [0.3, 0.4) is 0 Å². The number of nitrogens with one attached hydrogen (secondary N) is 2. The summed E-state index contributed by atoms with van der Waals surface area (Å²) in [6.07, 6.45) is 0.485. The zero-order chi connectivity index (χ0) is 14.5. The highest BCUT2D eigenvalue weighted by molar-refractivity contribution is 9.10. The number of thiophene rings is 1. The molecule has 0 aliphatic carbocycles. The molecule has 1 amide bonds. The van der Waals surface area contributed by atoms with E-state index in [1.807, 2.05) is 38.1 Å². The van der Waals surface area contributed by atoms with Crippen LogP contribution in [0.4, 0.5) is 11.4 Å². The van der Waals surface area contributed by atoms with Gasteiger partial charge in [-0.25, -0.2) is 0 Å². The molecule has 0 atom stereocenters. The molecule has 1 heterocycles. The predicted molar refractivity (Wildman–Crippen MR) is 89.4 cm³/mol. The number of carbonyl (C=O) groups excluding carboxylic acids is 1. The Kier molecular flexibility index (Phi) is 5.20. The zero-order valence-electron chi connectivity index (χ0n) is 11.5. The molecule has 3 nitrogen and oxygen atoms in total. The lowest BCUT2D eigenvalue weighted by Gasteiger charge is -2.13. The topological polar surface area (TPSA) is 41.1 Å². The lowest BCUT2D eigenvalue weighted by Crippen LogP contribution is -2.11. The van der Waals surface area contributed by atoms with Gasteiger partial charge in [0, 0.05) is 27.1 Å². The minimum Gasteiger partial charge on any atom is -0.380 e. The SMILES string of the molecule is CCC(=O)Nc1cccc(NCc2sccc2Br)c1C. The number of amides is 1. The fourth-order valence-corrected chi connectivity index (χ4v) is 3.26. The van der Waals surface area contributed by atoms with E-state index in [1.165, 1.54) is 4.88 Å². The van der Waals surface area contributed by atoms with Crippen LogP contribution in [-0.2, 0) is 11.3 Å². The molecule has 0 radical (unpaired) electrons. The lowest BCUT2D eigenvalue weighted by molar-refractivity contribution is -0.115. The fourth-order valence-electron chi connectivity index (χ4n) is 1.83. The first-order valence-electron chi connectivity index (χ1n) is 6.47. The molecule has 106 valence electrons. The molecule has 1 aromatic carbocycles. The third-order valence-corrected chi connectivity index (χ3v) is 4.99. The second kappa shape index (κ2) is 6.90. The Morgan fingerprint density at radius 3 is 2.70 bits per heavy atom. The van der Waals surface area contributed by atoms with Crippen LogP contribution in [0, 0.1) is 6.92 Å². The van der Waals surface area contributed by atoms with E-state index in [9.17, 15) is 4.79 Å². The second-order valence-corrected chi connectivity index (χ2v) is 6.28. The van der Waals surface area contributed by atoms with Crippen LogP contribution < -0.4 is 10.6 Å². The van der Waals surface area contributed by atoms with Crippen LogP contribution in [0.5, 0.6) is 0 Å². The van der Waals surface area contributed by atoms with E-state index in [0.717, 1.165) is 28.0 Å². The van der Waals surface area contributed by atoms with Crippen molar-refractivity contribution in [1.29, 1.82) is 0 Å². The number of benzene rings is 1. The van der Waals surface area contributed by atoms with Crippen molar-refractivity contribution >= 4 is 44.5 Å². The Bertz CT molecular complexity index is 610. The predicted octanol–water partition coefficient (Wildman–Crippen LogP) is 4.78. The number of carbonyl (C=O) groups is 1. The van der Waals surface area contributed by atoms with Crippen molar-refractivity contribution in [2.45, 2.75) is 26.8 Å². The van der Waals surface area contributed by atoms with Crippen LogP contribution in [0.1, 0.15) is 23.8 Å². The molecule has 0 bridgehead atoms. The summed E-state index contributed by atoms with van der Waals surface area (Å²) in [4.78, 5) is 12.8. The summed E-state index contributed by atoms with van der Waals surface area (Å²) in [5.74, 6) is 0.0336. The Balaban J connectivity index is 2.10.